The molecule has 0 amide bonds. The van der Waals surface area contributed by atoms with Crippen LogP contribution in [0.25, 0.3) is 10.6 Å². The highest BCUT2D eigenvalue weighted by atomic mass is 32.1. The second-order valence-electron chi connectivity index (χ2n) is 22.1. The van der Waals surface area contributed by atoms with Crippen molar-refractivity contribution in [2.75, 3.05) is 34.3 Å². The lowest BCUT2D eigenvalue weighted by molar-refractivity contribution is -0.302. The van der Waals surface area contributed by atoms with E-state index in [9.17, 15) is 30.3 Å². The van der Waals surface area contributed by atoms with Gasteiger partial charge < -0.3 is 59.0 Å². The maximum atomic E-state index is 14.6. The minimum absolute atomic E-state index is 0.163. The first-order valence-electron chi connectivity index (χ1n) is 25.8. The van der Waals surface area contributed by atoms with E-state index in [4.69, 9.17) is 28.7 Å². The summed E-state index contributed by atoms with van der Waals surface area (Å²) >= 11 is 1.70. The zero-order valence-electron chi connectivity index (χ0n) is 44.8. The van der Waals surface area contributed by atoms with Crippen LogP contribution >= 0.6 is 11.3 Å². The lowest BCUT2D eigenvalue weighted by atomic mass is 9.68. The van der Waals surface area contributed by atoms with Crippen LogP contribution in [-0.2, 0) is 47.9 Å². The molecule has 400 valence electrons. The standard InChI is InChI=1S/C53H86N6O11S/c1-15-42-53(11,65)45(61)34(6)58(13)28-30(2)26-51(9,64)47(32(4)43(33(5)49(63)69-42)41-27-52(10,66-14)46(62)35(7)68-41)70-50-44(60)40(25-31(3)67-50)57(12)23-21-38-29-59(56-55-38)24-22-39-36(8)71-48(54-39)37-19-17-16-18-20-37/h16-20,29-35,40-47,50,60-62,64-65H,15,21-28H2,1-14H3/t30-,31-,32+,33-,34-,35+,40+,41?,42-,43+,44-,45-,46+,47-,50+,51-,52-,53-/m1/s1. The van der Waals surface area contributed by atoms with Gasteiger partial charge in [-0.3, -0.25) is 9.48 Å². The molecule has 0 radical (unpaired) electrons. The summed E-state index contributed by atoms with van der Waals surface area (Å²) in [6, 6.07) is 9.26. The van der Waals surface area contributed by atoms with Crippen LogP contribution in [0.15, 0.2) is 36.5 Å². The smallest absolute Gasteiger partial charge is 0.309 e. The van der Waals surface area contributed by atoms with Crippen molar-refractivity contribution in [3.05, 3.63) is 52.8 Å². The zero-order valence-corrected chi connectivity index (χ0v) is 45.6. The number of benzene rings is 1. The third kappa shape index (κ3) is 13.1. The van der Waals surface area contributed by atoms with Gasteiger partial charge in [0.15, 0.2) is 6.29 Å². The van der Waals surface area contributed by atoms with Crippen molar-refractivity contribution in [1.82, 2.24) is 29.8 Å². The van der Waals surface area contributed by atoms with Crippen LogP contribution in [-0.4, -0.2) is 180 Å². The van der Waals surface area contributed by atoms with Crippen molar-refractivity contribution in [3.63, 3.8) is 0 Å². The number of aliphatic hydroxyl groups is 5. The van der Waals surface area contributed by atoms with E-state index in [-0.39, 0.29) is 37.3 Å². The van der Waals surface area contributed by atoms with Crippen LogP contribution in [0.4, 0.5) is 0 Å². The average molecular weight is 1020 g/mol. The number of methoxy groups -OCH3 is 1. The number of likely N-dealkylation sites (N-methyl/N-ethyl adjacent to an activating group) is 2. The van der Waals surface area contributed by atoms with Gasteiger partial charge >= 0.3 is 5.97 Å². The summed E-state index contributed by atoms with van der Waals surface area (Å²) in [4.78, 5) is 24.8. The molecule has 0 saturated carbocycles. The van der Waals surface area contributed by atoms with Gasteiger partial charge in [0.2, 0.25) is 0 Å². The summed E-state index contributed by atoms with van der Waals surface area (Å²) in [5.41, 5.74) is -1.45. The van der Waals surface area contributed by atoms with E-state index in [2.05, 4.69) is 34.3 Å². The molecule has 71 heavy (non-hydrogen) atoms. The molecule has 0 aliphatic carbocycles. The molecule has 17 nitrogen and oxygen atoms in total. The van der Waals surface area contributed by atoms with Gasteiger partial charge in [0, 0.05) is 80.6 Å². The predicted molar refractivity (Wildman–Crippen MR) is 271 cm³/mol. The molecule has 18 heteroatoms. The molecular weight excluding hydrogens is 929 g/mol. The lowest BCUT2D eigenvalue weighted by Gasteiger charge is -2.51. The minimum atomic E-state index is -1.81. The number of aromatic nitrogens is 4. The number of esters is 1. The number of rotatable bonds is 13. The van der Waals surface area contributed by atoms with Gasteiger partial charge in [-0.2, -0.15) is 0 Å². The molecular formula is C53H86N6O11S. The quantitative estimate of drug-likeness (QED) is 0.142. The summed E-state index contributed by atoms with van der Waals surface area (Å²) in [6.07, 6.45) is -3.93. The number of carbonyl (C=O) groups is 1. The first-order chi connectivity index (χ1) is 33.3. The predicted octanol–water partition coefficient (Wildman–Crippen LogP) is 5.05. The van der Waals surface area contributed by atoms with E-state index in [1.807, 2.05) is 82.7 Å². The monoisotopic (exact) mass is 1010 g/mol. The van der Waals surface area contributed by atoms with Gasteiger partial charge in [-0.15, -0.1) is 16.4 Å². The maximum absolute atomic E-state index is 14.6. The molecule has 3 fully saturated rings. The fourth-order valence-electron chi connectivity index (χ4n) is 11.8. The Morgan fingerprint density at radius 2 is 1.66 bits per heavy atom. The molecule has 3 aliphatic rings. The Morgan fingerprint density at radius 1 is 0.972 bits per heavy atom. The summed E-state index contributed by atoms with van der Waals surface area (Å²) in [7, 11) is 5.36. The van der Waals surface area contributed by atoms with E-state index in [0.29, 0.717) is 32.5 Å². The molecule has 5 N–H and O–H groups in total. The van der Waals surface area contributed by atoms with Gasteiger partial charge in [0.25, 0.3) is 0 Å². The Morgan fingerprint density at radius 3 is 2.32 bits per heavy atom. The fraction of sp³-hybridized carbons (Fsp3) is 0.774. The molecule has 6 rings (SSSR count). The molecule has 3 saturated heterocycles. The van der Waals surface area contributed by atoms with Crippen molar-refractivity contribution < 1.29 is 54.0 Å². The molecule has 3 aliphatic heterocycles. The number of ether oxygens (including phenoxy) is 5. The minimum Gasteiger partial charge on any atom is -0.459 e. The Kier molecular flexibility index (Phi) is 19.1. The molecule has 3 aromatic rings. The third-order valence-corrected chi connectivity index (χ3v) is 17.3. The highest BCUT2D eigenvalue weighted by Gasteiger charge is 2.55. The van der Waals surface area contributed by atoms with E-state index >= 15 is 0 Å². The second kappa shape index (κ2) is 23.7. The highest BCUT2D eigenvalue weighted by Crippen LogP contribution is 2.45. The largest absolute Gasteiger partial charge is 0.459 e. The van der Waals surface area contributed by atoms with Gasteiger partial charge in [-0.25, -0.2) is 4.98 Å². The first kappa shape index (κ1) is 57.3. The molecule has 1 aromatic carbocycles. The van der Waals surface area contributed by atoms with Crippen LogP contribution in [0.2, 0.25) is 0 Å². The zero-order chi connectivity index (χ0) is 52.3. The Balaban J connectivity index is 1.25. The normalized spacial score (nSPS) is 39.5. The van der Waals surface area contributed by atoms with E-state index in [1.54, 1.807) is 46.1 Å². The number of thiazole rings is 1. The third-order valence-electron chi connectivity index (χ3n) is 16.3. The molecule has 18 atom stereocenters. The van der Waals surface area contributed by atoms with Gasteiger partial charge in [0.1, 0.15) is 35.0 Å². The summed E-state index contributed by atoms with van der Waals surface area (Å²) in [5.74, 6) is -3.09. The number of hydrogen-bond donors (Lipinski definition) is 5. The highest BCUT2D eigenvalue weighted by molar-refractivity contribution is 7.15. The van der Waals surface area contributed by atoms with Crippen molar-refractivity contribution in [1.29, 1.82) is 0 Å². The molecule has 2 aromatic heterocycles. The number of aliphatic hydroxyl groups excluding tert-OH is 3. The van der Waals surface area contributed by atoms with E-state index in [0.717, 1.165) is 28.4 Å². The van der Waals surface area contributed by atoms with Gasteiger partial charge in [0.05, 0.1) is 52.9 Å². The average Bonchev–Trinajstić information content (AvgIpc) is 3.95. The van der Waals surface area contributed by atoms with Gasteiger partial charge in [-0.05, 0) is 93.7 Å². The topological polar surface area (TPSA) is 214 Å². The number of cyclic esters (lactones) is 1. The maximum Gasteiger partial charge on any atom is 0.309 e. The number of aryl methyl sites for hydroxylation is 3. The van der Waals surface area contributed by atoms with Crippen molar-refractivity contribution in [3.8, 4) is 10.6 Å². The molecule has 1 unspecified atom stereocenters. The molecule has 0 bridgehead atoms. The number of nitrogens with zero attached hydrogens (tertiary/aromatic N) is 6. The van der Waals surface area contributed by atoms with E-state index < -0.39 is 95.6 Å². The SMILES string of the molecule is CC[C@H]1OC(=O)[C@H](C)[C@@H](C2C[C@@](C)(OC)[C@@H](O)[C@H](C)O2)[C@H](C)[C@@H](O[C@@H]2O[C@H](C)C[C@H](N(C)CCc3cn(CCc4nc(-c5ccccc5)sc4C)nn3)[C@H]2O)[C@](C)(O)C[C@@H](C)CN(C)[C@H](C)[C@@H](O)[C@]1(C)O. The van der Waals surface area contributed by atoms with Crippen molar-refractivity contribution in [2.45, 2.75) is 205 Å². The second-order valence-corrected chi connectivity index (χ2v) is 23.3. The molecule has 5 heterocycles. The number of hydrogen-bond acceptors (Lipinski definition) is 17. The molecule has 0 spiro atoms. The lowest BCUT2D eigenvalue weighted by Crippen LogP contribution is -2.62. The Bertz CT molecular complexity index is 2160. The van der Waals surface area contributed by atoms with Crippen LogP contribution < -0.4 is 0 Å². The van der Waals surface area contributed by atoms with Crippen LogP contribution in [0, 0.1) is 30.6 Å². The van der Waals surface area contributed by atoms with Gasteiger partial charge in [-0.1, -0.05) is 63.2 Å². The summed E-state index contributed by atoms with van der Waals surface area (Å²) in [6.45, 7) is 21.8. The van der Waals surface area contributed by atoms with Crippen LogP contribution in [0.5, 0.6) is 0 Å². The number of carbonyl (C=O) groups excluding carboxylic acids is 1. The van der Waals surface area contributed by atoms with E-state index in [1.165, 1.54) is 11.8 Å². The van der Waals surface area contributed by atoms with Crippen molar-refractivity contribution >= 4 is 17.3 Å². The van der Waals surface area contributed by atoms with Crippen LogP contribution in [0.1, 0.15) is 111 Å². The first-order valence-corrected chi connectivity index (χ1v) is 26.6. The van der Waals surface area contributed by atoms with Crippen LogP contribution in [0.3, 0.4) is 0 Å². The summed E-state index contributed by atoms with van der Waals surface area (Å²) < 4.78 is 34.1. The Hall–Kier alpha value is -2.98. The van der Waals surface area contributed by atoms with Crippen molar-refractivity contribution in [2.24, 2.45) is 23.7 Å². The Labute approximate surface area is 426 Å². The summed E-state index contributed by atoms with van der Waals surface area (Å²) in [5, 5.41) is 70.1. The fourth-order valence-corrected chi connectivity index (χ4v) is 12.8.